The van der Waals surface area contributed by atoms with E-state index in [9.17, 15) is 0 Å². The Morgan fingerprint density at radius 2 is 2.12 bits per heavy atom. The summed E-state index contributed by atoms with van der Waals surface area (Å²) in [4.78, 5) is 0. The minimum atomic E-state index is 0.581. The van der Waals surface area contributed by atoms with Crippen molar-refractivity contribution < 1.29 is 0 Å². The van der Waals surface area contributed by atoms with E-state index in [1.165, 1.54) is 6.42 Å². The molecule has 0 bridgehead atoms. The third-order valence-electron chi connectivity index (χ3n) is 2.70. The normalized spacial score (nSPS) is 13.3. The van der Waals surface area contributed by atoms with Crippen LogP contribution >= 0.6 is 0 Å². The summed E-state index contributed by atoms with van der Waals surface area (Å²) in [7, 11) is 0. The Labute approximate surface area is 98.5 Å². The van der Waals surface area contributed by atoms with Gasteiger partial charge in [0, 0.05) is 25.6 Å². The van der Waals surface area contributed by atoms with E-state index in [1.54, 1.807) is 6.33 Å². The van der Waals surface area contributed by atoms with Crippen molar-refractivity contribution in [3.63, 3.8) is 0 Å². The van der Waals surface area contributed by atoms with E-state index in [1.807, 2.05) is 0 Å². The van der Waals surface area contributed by atoms with Gasteiger partial charge in [0.25, 0.3) is 0 Å². The summed E-state index contributed by atoms with van der Waals surface area (Å²) in [6.45, 7) is 10.8. The SMILES string of the molecule is CCn1cnnc1CCNC(C)CC(C)C. The second kappa shape index (κ2) is 6.63. The number of aryl methyl sites for hydroxylation is 1. The summed E-state index contributed by atoms with van der Waals surface area (Å²) in [5.41, 5.74) is 0. The Balaban J connectivity index is 2.25. The van der Waals surface area contributed by atoms with Crippen LogP contribution in [0.1, 0.15) is 39.9 Å². The van der Waals surface area contributed by atoms with Crippen molar-refractivity contribution >= 4 is 0 Å². The highest BCUT2D eigenvalue weighted by atomic mass is 15.3. The lowest BCUT2D eigenvalue weighted by atomic mass is 10.1. The van der Waals surface area contributed by atoms with Crippen LogP contribution in [0.2, 0.25) is 0 Å². The van der Waals surface area contributed by atoms with E-state index in [2.05, 4.69) is 47.8 Å². The standard InChI is InChI=1S/C12H24N4/c1-5-16-9-14-15-12(16)6-7-13-11(4)8-10(2)3/h9-11,13H,5-8H2,1-4H3. The molecule has 1 unspecified atom stereocenters. The molecule has 0 amide bonds. The van der Waals surface area contributed by atoms with Crippen LogP contribution in [-0.4, -0.2) is 27.4 Å². The van der Waals surface area contributed by atoms with E-state index in [4.69, 9.17) is 0 Å². The molecule has 0 fully saturated rings. The molecule has 4 nitrogen and oxygen atoms in total. The topological polar surface area (TPSA) is 42.7 Å². The molecule has 0 spiro atoms. The molecule has 1 aromatic rings. The molecule has 16 heavy (non-hydrogen) atoms. The molecule has 4 heteroatoms. The molecule has 0 saturated carbocycles. The van der Waals surface area contributed by atoms with Crippen LogP contribution in [-0.2, 0) is 13.0 Å². The Bertz CT molecular complexity index is 293. The Kier molecular flexibility index (Phi) is 5.46. The van der Waals surface area contributed by atoms with Crippen molar-refractivity contribution in [2.75, 3.05) is 6.54 Å². The van der Waals surface area contributed by atoms with Gasteiger partial charge in [-0.05, 0) is 26.2 Å². The molecule has 92 valence electrons. The molecule has 0 aliphatic rings. The molecule has 1 rings (SSSR count). The number of hydrogen-bond acceptors (Lipinski definition) is 3. The zero-order valence-corrected chi connectivity index (χ0v) is 10.9. The van der Waals surface area contributed by atoms with Crippen LogP contribution in [0.4, 0.5) is 0 Å². The van der Waals surface area contributed by atoms with Crippen LogP contribution in [0.25, 0.3) is 0 Å². The molecule has 0 saturated heterocycles. The van der Waals surface area contributed by atoms with E-state index in [-0.39, 0.29) is 0 Å². The first-order valence-electron chi connectivity index (χ1n) is 6.23. The molecule has 0 radical (unpaired) electrons. The summed E-state index contributed by atoms with van der Waals surface area (Å²) >= 11 is 0. The molecule has 1 atom stereocenters. The van der Waals surface area contributed by atoms with E-state index >= 15 is 0 Å². The predicted octanol–water partition coefficient (Wildman–Crippen LogP) is 1.86. The van der Waals surface area contributed by atoms with Gasteiger partial charge in [-0.1, -0.05) is 13.8 Å². The van der Waals surface area contributed by atoms with E-state index in [0.717, 1.165) is 31.3 Å². The Hall–Kier alpha value is -0.900. The summed E-state index contributed by atoms with van der Waals surface area (Å²) in [5.74, 6) is 1.83. The maximum atomic E-state index is 4.12. The van der Waals surface area contributed by atoms with Crippen molar-refractivity contribution in [3.8, 4) is 0 Å². The Morgan fingerprint density at radius 3 is 2.75 bits per heavy atom. The smallest absolute Gasteiger partial charge is 0.134 e. The minimum Gasteiger partial charge on any atom is -0.318 e. The highest BCUT2D eigenvalue weighted by Crippen LogP contribution is 2.03. The van der Waals surface area contributed by atoms with Crippen molar-refractivity contribution in [1.82, 2.24) is 20.1 Å². The third-order valence-corrected chi connectivity index (χ3v) is 2.70. The second-order valence-corrected chi connectivity index (χ2v) is 4.77. The molecule has 1 heterocycles. The average Bonchev–Trinajstić information content (AvgIpc) is 2.64. The molecular weight excluding hydrogens is 200 g/mol. The lowest BCUT2D eigenvalue weighted by molar-refractivity contribution is 0.441. The van der Waals surface area contributed by atoms with Crippen molar-refractivity contribution in [1.29, 1.82) is 0 Å². The van der Waals surface area contributed by atoms with Gasteiger partial charge in [-0.3, -0.25) is 0 Å². The van der Waals surface area contributed by atoms with Gasteiger partial charge in [0.05, 0.1) is 0 Å². The summed E-state index contributed by atoms with van der Waals surface area (Å²) in [6.07, 6.45) is 3.98. The van der Waals surface area contributed by atoms with E-state index in [0.29, 0.717) is 6.04 Å². The first-order chi connectivity index (χ1) is 7.63. The average molecular weight is 224 g/mol. The van der Waals surface area contributed by atoms with Crippen LogP contribution in [0.3, 0.4) is 0 Å². The zero-order chi connectivity index (χ0) is 12.0. The van der Waals surface area contributed by atoms with Gasteiger partial charge in [0.2, 0.25) is 0 Å². The van der Waals surface area contributed by atoms with Gasteiger partial charge in [-0.2, -0.15) is 0 Å². The largest absolute Gasteiger partial charge is 0.318 e. The fraction of sp³-hybridized carbons (Fsp3) is 0.833. The zero-order valence-electron chi connectivity index (χ0n) is 10.9. The number of aromatic nitrogens is 3. The number of nitrogens with zero attached hydrogens (tertiary/aromatic N) is 3. The van der Waals surface area contributed by atoms with Gasteiger partial charge >= 0.3 is 0 Å². The first kappa shape index (κ1) is 13.2. The predicted molar refractivity (Wildman–Crippen MR) is 66.3 cm³/mol. The van der Waals surface area contributed by atoms with E-state index < -0.39 is 0 Å². The van der Waals surface area contributed by atoms with Gasteiger partial charge in [0.15, 0.2) is 0 Å². The van der Waals surface area contributed by atoms with Crippen LogP contribution in [0.5, 0.6) is 0 Å². The molecule has 0 aliphatic heterocycles. The molecule has 0 aliphatic carbocycles. The second-order valence-electron chi connectivity index (χ2n) is 4.77. The molecule has 1 aromatic heterocycles. The maximum Gasteiger partial charge on any atom is 0.134 e. The summed E-state index contributed by atoms with van der Waals surface area (Å²) < 4.78 is 2.09. The molecule has 1 N–H and O–H groups in total. The molecule has 0 aromatic carbocycles. The maximum absolute atomic E-state index is 4.12. The van der Waals surface area contributed by atoms with Gasteiger partial charge < -0.3 is 9.88 Å². The highest BCUT2D eigenvalue weighted by molar-refractivity contribution is 4.86. The fourth-order valence-corrected chi connectivity index (χ4v) is 1.96. The summed E-state index contributed by atoms with van der Waals surface area (Å²) in [6, 6.07) is 0.581. The Morgan fingerprint density at radius 1 is 1.38 bits per heavy atom. The lowest BCUT2D eigenvalue weighted by Gasteiger charge is -2.15. The monoisotopic (exact) mass is 224 g/mol. The van der Waals surface area contributed by atoms with Gasteiger partial charge in [-0.15, -0.1) is 10.2 Å². The van der Waals surface area contributed by atoms with Crippen molar-refractivity contribution in [2.45, 2.75) is 53.1 Å². The number of hydrogen-bond donors (Lipinski definition) is 1. The third kappa shape index (κ3) is 4.31. The number of nitrogens with one attached hydrogen (secondary N) is 1. The summed E-state index contributed by atoms with van der Waals surface area (Å²) in [5, 5.41) is 11.6. The molecular formula is C12H24N4. The van der Waals surface area contributed by atoms with Gasteiger partial charge in [-0.25, -0.2) is 0 Å². The van der Waals surface area contributed by atoms with Crippen molar-refractivity contribution in [3.05, 3.63) is 12.2 Å². The fourth-order valence-electron chi connectivity index (χ4n) is 1.96. The quantitative estimate of drug-likeness (QED) is 0.769. The highest BCUT2D eigenvalue weighted by Gasteiger charge is 2.06. The van der Waals surface area contributed by atoms with Crippen LogP contribution < -0.4 is 5.32 Å². The number of rotatable bonds is 7. The van der Waals surface area contributed by atoms with Crippen LogP contribution in [0.15, 0.2) is 6.33 Å². The van der Waals surface area contributed by atoms with Crippen molar-refractivity contribution in [2.24, 2.45) is 5.92 Å². The van der Waals surface area contributed by atoms with Gasteiger partial charge in [0.1, 0.15) is 12.2 Å². The lowest BCUT2D eigenvalue weighted by Crippen LogP contribution is -2.29. The van der Waals surface area contributed by atoms with Crippen LogP contribution in [0, 0.1) is 5.92 Å². The first-order valence-corrected chi connectivity index (χ1v) is 6.23. The minimum absolute atomic E-state index is 0.581.